The van der Waals surface area contributed by atoms with Crippen molar-refractivity contribution in [2.45, 2.75) is 18.8 Å². The number of carbonyl (C=O) groups is 1. The summed E-state index contributed by atoms with van der Waals surface area (Å²) in [5.41, 5.74) is 1.36. The topological polar surface area (TPSA) is 76.0 Å². The minimum absolute atomic E-state index is 0.129. The lowest BCUT2D eigenvalue weighted by molar-refractivity contribution is -0.244. The van der Waals surface area contributed by atoms with Gasteiger partial charge in [-0.1, -0.05) is 54.1 Å². The first-order chi connectivity index (χ1) is 12.6. The summed E-state index contributed by atoms with van der Waals surface area (Å²) in [6, 6.07) is 14.2. The van der Waals surface area contributed by atoms with Gasteiger partial charge in [0.1, 0.15) is 5.75 Å². The van der Waals surface area contributed by atoms with E-state index in [2.05, 4.69) is 0 Å². The molecule has 0 aromatic heterocycles. The van der Waals surface area contributed by atoms with Gasteiger partial charge in [0.15, 0.2) is 6.29 Å². The van der Waals surface area contributed by atoms with E-state index >= 15 is 0 Å². The van der Waals surface area contributed by atoms with Crippen LogP contribution >= 0.6 is 11.6 Å². The molecule has 1 aliphatic heterocycles. The maximum Gasteiger partial charge on any atom is 0.327 e. The van der Waals surface area contributed by atoms with Crippen molar-refractivity contribution in [2.24, 2.45) is 5.92 Å². The summed E-state index contributed by atoms with van der Waals surface area (Å²) in [4.78, 5) is 10.7. The summed E-state index contributed by atoms with van der Waals surface area (Å²) < 4.78 is 12.0. The van der Waals surface area contributed by atoms with E-state index < -0.39 is 18.4 Å². The summed E-state index contributed by atoms with van der Waals surface area (Å²) in [7, 11) is 0. The number of allylic oxidation sites excluding steroid dienone is 1. The Morgan fingerprint density at radius 2 is 1.85 bits per heavy atom. The van der Waals surface area contributed by atoms with Crippen molar-refractivity contribution in [2.75, 3.05) is 6.61 Å². The third-order valence-electron chi connectivity index (χ3n) is 4.26. The van der Waals surface area contributed by atoms with E-state index in [1.807, 2.05) is 24.3 Å². The molecule has 3 rings (SSSR count). The van der Waals surface area contributed by atoms with E-state index in [4.69, 9.17) is 26.2 Å². The number of halogens is 1. The van der Waals surface area contributed by atoms with Crippen molar-refractivity contribution in [3.8, 4) is 5.75 Å². The van der Waals surface area contributed by atoms with Crippen LogP contribution in [0.25, 0.3) is 0 Å². The summed E-state index contributed by atoms with van der Waals surface area (Å²) in [5.74, 6) is -1.02. The summed E-state index contributed by atoms with van der Waals surface area (Å²) in [6.45, 7) is 0.346. The average molecular weight is 375 g/mol. The van der Waals surface area contributed by atoms with E-state index in [0.29, 0.717) is 29.2 Å². The molecule has 0 saturated carbocycles. The first kappa shape index (κ1) is 18.5. The molecular weight excluding hydrogens is 356 g/mol. The molecule has 2 aromatic carbocycles. The Bertz CT molecular complexity index is 804. The van der Waals surface area contributed by atoms with Gasteiger partial charge in [-0.05, 0) is 18.6 Å². The molecule has 26 heavy (non-hydrogen) atoms. The second kappa shape index (κ2) is 8.36. The highest BCUT2D eigenvalue weighted by molar-refractivity contribution is 6.31. The Balaban J connectivity index is 1.87. The average Bonchev–Trinajstić information content (AvgIpc) is 2.63. The molecule has 5 nitrogen and oxygen atoms in total. The van der Waals surface area contributed by atoms with E-state index in [9.17, 15) is 9.90 Å². The number of phenols is 1. The molecule has 2 aromatic rings. The van der Waals surface area contributed by atoms with Gasteiger partial charge in [-0.15, -0.1) is 0 Å². The fourth-order valence-corrected chi connectivity index (χ4v) is 3.23. The van der Waals surface area contributed by atoms with Gasteiger partial charge in [-0.2, -0.15) is 0 Å². The fourth-order valence-electron chi connectivity index (χ4n) is 3.00. The highest BCUT2D eigenvalue weighted by Crippen LogP contribution is 2.43. The number of carboxylic acids is 1. The van der Waals surface area contributed by atoms with Crippen LogP contribution in [-0.2, 0) is 14.3 Å². The van der Waals surface area contributed by atoms with Gasteiger partial charge in [0.25, 0.3) is 0 Å². The lowest BCUT2D eigenvalue weighted by Gasteiger charge is -2.37. The molecule has 0 aliphatic carbocycles. The standard InChI is InChI=1S/C20H19ClO5/c21-16-9-3-1-7-14(16)20-25-12-13(6-5-11-18(23)24)19(26-20)15-8-2-4-10-17(15)22/h1-5,7-11,13,19-20,22H,6,12H2,(H,23,24)/t13-,19+,20+/m1/s1. The van der Waals surface area contributed by atoms with Gasteiger partial charge in [-0.3, -0.25) is 0 Å². The number of aliphatic carboxylic acids is 1. The Morgan fingerprint density at radius 1 is 1.15 bits per heavy atom. The van der Waals surface area contributed by atoms with Gasteiger partial charge in [0.2, 0.25) is 0 Å². The molecule has 0 bridgehead atoms. The third kappa shape index (κ3) is 4.25. The van der Waals surface area contributed by atoms with Crippen LogP contribution in [0.2, 0.25) is 5.02 Å². The van der Waals surface area contributed by atoms with Crippen LogP contribution in [0.4, 0.5) is 0 Å². The van der Waals surface area contributed by atoms with Crippen LogP contribution in [0, 0.1) is 5.92 Å². The highest BCUT2D eigenvalue weighted by Gasteiger charge is 2.35. The molecule has 2 N–H and O–H groups in total. The molecule has 1 fully saturated rings. The Labute approximate surface area is 156 Å². The van der Waals surface area contributed by atoms with Crippen molar-refractivity contribution in [3.05, 3.63) is 76.8 Å². The molecule has 0 amide bonds. The predicted molar refractivity (Wildman–Crippen MR) is 97.0 cm³/mol. The van der Waals surface area contributed by atoms with Crippen LogP contribution in [0.1, 0.15) is 29.9 Å². The summed E-state index contributed by atoms with van der Waals surface area (Å²) in [6.07, 6.45) is 2.00. The Morgan fingerprint density at radius 3 is 2.54 bits per heavy atom. The normalized spacial score (nSPS) is 23.2. The summed E-state index contributed by atoms with van der Waals surface area (Å²) >= 11 is 6.25. The van der Waals surface area contributed by atoms with Crippen LogP contribution in [-0.4, -0.2) is 22.8 Å². The number of benzene rings is 2. The van der Waals surface area contributed by atoms with Gasteiger partial charge in [0, 0.05) is 28.1 Å². The van der Waals surface area contributed by atoms with Crippen molar-refractivity contribution < 1.29 is 24.5 Å². The number of hydrogen-bond acceptors (Lipinski definition) is 4. The van der Waals surface area contributed by atoms with Crippen LogP contribution in [0.15, 0.2) is 60.7 Å². The lowest BCUT2D eigenvalue weighted by Crippen LogP contribution is -2.30. The van der Waals surface area contributed by atoms with Gasteiger partial charge < -0.3 is 19.7 Å². The molecule has 0 radical (unpaired) electrons. The molecule has 136 valence electrons. The smallest absolute Gasteiger partial charge is 0.327 e. The number of aromatic hydroxyl groups is 1. The molecule has 1 saturated heterocycles. The van der Waals surface area contributed by atoms with E-state index in [0.717, 1.165) is 6.08 Å². The lowest BCUT2D eigenvalue weighted by atomic mass is 9.91. The molecule has 1 heterocycles. The van der Waals surface area contributed by atoms with Crippen molar-refractivity contribution in [1.82, 2.24) is 0 Å². The van der Waals surface area contributed by atoms with Gasteiger partial charge in [-0.25, -0.2) is 4.79 Å². The molecule has 0 unspecified atom stereocenters. The van der Waals surface area contributed by atoms with E-state index in [-0.39, 0.29) is 11.7 Å². The number of carboxylic acid groups (broad SMARTS) is 1. The van der Waals surface area contributed by atoms with Crippen LogP contribution < -0.4 is 0 Å². The first-order valence-electron chi connectivity index (χ1n) is 8.25. The Hall–Kier alpha value is -2.34. The van der Waals surface area contributed by atoms with Crippen molar-refractivity contribution >= 4 is 17.6 Å². The minimum Gasteiger partial charge on any atom is -0.508 e. The largest absolute Gasteiger partial charge is 0.508 e. The highest BCUT2D eigenvalue weighted by atomic mass is 35.5. The first-order valence-corrected chi connectivity index (χ1v) is 8.63. The molecule has 1 aliphatic rings. The monoisotopic (exact) mass is 374 g/mol. The molecule has 0 spiro atoms. The SMILES string of the molecule is O=C(O)C=CC[C@@H]1CO[C@H](c2ccccc2Cl)O[C@@H]1c1ccccc1O. The van der Waals surface area contributed by atoms with Crippen molar-refractivity contribution in [3.63, 3.8) is 0 Å². The number of rotatable bonds is 5. The zero-order chi connectivity index (χ0) is 18.5. The number of para-hydroxylation sites is 1. The number of ether oxygens (including phenoxy) is 2. The quantitative estimate of drug-likeness (QED) is 0.754. The third-order valence-corrected chi connectivity index (χ3v) is 4.61. The van der Waals surface area contributed by atoms with Crippen LogP contribution in [0.3, 0.4) is 0 Å². The van der Waals surface area contributed by atoms with E-state index in [1.54, 1.807) is 30.3 Å². The summed E-state index contributed by atoms with van der Waals surface area (Å²) in [5, 5.41) is 19.6. The van der Waals surface area contributed by atoms with Gasteiger partial charge >= 0.3 is 5.97 Å². The maximum atomic E-state index is 10.7. The van der Waals surface area contributed by atoms with Crippen LogP contribution in [0.5, 0.6) is 5.75 Å². The second-order valence-corrected chi connectivity index (χ2v) is 6.45. The van der Waals surface area contributed by atoms with Crippen molar-refractivity contribution in [1.29, 1.82) is 0 Å². The number of hydrogen-bond donors (Lipinski definition) is 2. The number of phenolic OH excluding ortho intramolecular Hbond substituents is 1. The zero-order valence-corrected chi connectivity index (χ0v) is 14.7. The van der Waals surface area contributed by atoms with E-state index in [1.165, 1.54) is 0 Å². The fraction of sp³-hybridized carbons (Fsp3) is 0.250. The molecular formula is C20H19ClO5. The molecule has 3 atom stereocenters. The maximum absolute atomic E-state index is 10.7. The Kier molecular flexibility index (Phi) is 5.93. The zero-order valence-electron chi connectivity index (χ0n) is 13.9. The predicted octanol–water partition coefficient (Wildman–Crippen LogP) is 4.48. The minimum atomic E-state index is -1.00. The van der Waals surface area contributed by atoms with Gasteiger partial charge in [0.05, 0.1) is 12.7 Å². The molecule has 6 heteroatoms. The second-order valence-electron chi connectivity index (χ2n) is 6.04.